The molecule has 118 heavy (non-hydrogen) atoms. The number of aromatic nitrogens is 15. The number of ether oxygens (including phenoxy) is 4. The van der Waals surface area contributed by atoms with Gasteiger partial charge in [0.2, 0.25) is 51.8 Å². The van der Waals surface area contributed by atoms with Crippen LogP contribution in [0.2, 0.25) is 0 Å². The van der Waals surface area contributed by atoms with E-state index >= 15 is 0 Å². The van der Waals surface area contributed by atoms with Crippen molar-refractivity contribution in [3.63, 3.8) is 0 Å². The second-order valence-corrected chi connectivity index (χ2v) is 29.7. The Kier molecular flexibility index (Phi) is 28.2. The molecule has 9 aromatic heterocycles. The molecule has 3 fully saturated rings. The SMILES string of the molecule is CCN(C)c1cc[n+](-c2nc(NC(=O)C(F)(F)F)nc3c2ncn3[C@H]2CC(O)[C@@H](CO)O2)cc1.CCN(C)c1cc[n+](-c2nc(NC(=O)C(F)(F)F)nc3c2ncn3[C@H]2CC(O)[C@@H](COP(=O)(Cl)Cl)O2)cc1.CCN(C)c1ccncc1.O=C(Nc1nc(Oc2c(F)c(F)c(F)c(F)c2F)c2ncn([C@H]3CC(O)[C@@H](CO)O3)c2n1)C(F)(F)F. The fraction of sp³-hybridized carbons (Fsp3) is 0.409. The largest absolute Gasteiger partial charge is 0.471 e. The minimum atomic E-state index is -5.42. The maximum Gasteiger partial charge on any atom is 0.471 e. The second kappa shape index (κ2) is 37.1. The molecule has 12 heterocycles. The molecule has 3 aliphatic heterocycles. The molecule has 13 rings (SSSR count). The number of rotatable bonds is 21. The van der Waals surface area contributed by atoms with Crippen LogP contribution in [0.1, 0.15) is 58.7 Å². The fourth-order valence-corrected chi connectivity index (χ4v) is 11.9. The van der Waals surface area contributed by atoms with E-state index in [4.69, 9.17) is 46.0 Å². The lowest BCUT2D eigenvalue weighted by atomic mass is 10.2. The van der Waals surface area contributed by atoms with Crippen molar-refractivity contribution in [2.24, 2.45) is 0 Å². The van der Waals surface area contributed by atoms with Gasteiger partial charge in [-0.1, -0.05) is 0 Å². The van der Waals surface area contributed by atoms with Gasteiger partial charge >= 0.3 is 65.9 Å². The highest BCUT2D eigenvalue weighted by Crippen LogP contribution is 2.58. The number of benzene rings is 1. The molecule has 3 unspecified atom stereocenters. The van der Waals surface area contributed by atoms with Crippen LogP contribution in [0.25, 0.3) is 45.1 Å². The zero-order valence-electron chi connectivity index (χ0n) is 61.7. The van der Waals surface area contributed by atoms with E-state index in [-0.39, 0.29) is 59.8 Å². The Labute approximate surface area is 664 Å². The van der Waals surface area contributed by atoms with Crippen LogP contribution in [0.4, 0.5) is 96.4 Å². The van der Waals surface area contributed by atoms with E-state index in [1.807, 2.05) is 62.3 Å². The number of alkyl halides is 9. The third kappa shape index (κ3) is 20.9. The maximum atomic E-state index is 14.1. The lowest BCUT2D eigenvalue weighted by Gasteiger charge is -2.16. The van der Waals surface area contributed by atoms with Crippen LogP contribution in [-0.2, 0) is 37.7 Å². The molecule has 35 nitrogen and oxygen atoms in total. The first-order valence-corrected chi connectivity index (χ1v) is 38.0. The van der Waals surface area contributed by atoms with Crippen LogP contribution < -0.4 is 44.5 Å². The van der Waals surface area contributed by atoms with E-state index < -0.39 is 181 Å². The molecule has 3 saturated heterocycles. The van der Waals surface area contributed by atoms with E-state index in [1.54, 1.807) is 64.3 Å². The summed E-state index contributed by atoms with van der Waals surface area (Å²) in [6, 6.07) is 11.1. The Morgan fingerprint density at radius 1 is 0.517 bits per heavy atom. The first-order chi connectivity index (χ1) is 55.6. The van der Waals surface area contributed by atoms with Gasteiger partial charge in [-0.2, -0.15) is 68.2 Å². The zero-order valence-corrected chi connectivity index (χ0v) is 64.1. The molecule has 1 aromatic carbocycles. The Bertz CT molecular complexity index is 5260. The first kappa shape index (κ1) is 89.7. The molecule has 10 aromatic rings. The van der Waals surface area contributed by atoms with Crippen LogP contribution in [0, 0.1) is 29.1 Å². The molecule has 0 radical (unpaired) electrons. The monoisotopic (exact) mass is 1750 g/mol. The van der Waals surface area contributed by atoms with Crippen molar-refractivity contribution in [1.29, 1.82) is 0 Å². The Balaban J connectivity index is 0.000000176. The normalized spacial score (nSPS) is 19.4. The minimum absolute atomic E-state index is 0.00311. The quantitative estimate of drug-likeness (QED) is 0.0111. The van der Waals surface area contributed by atoms with E-state index in [2.05, 4.69) is 68.7 Å². The predicted octanol–water partition coefficient (Wildman–Crippen LogP) is 8.00. The predicted molar refractivity (Wildman–Crippen MR) is 383 cm³/mol. The van der Waals surface area contributed by atoms with Gasteiger partial charge in [-0.15, -0.1) is 0 Å². The maximum absolute atomic E-state index is 14.1. The van der Waals surface area contributed by atoms with E-state index in [0.717, 1.165) is 41.9 Å². The second-order valence-electron chi connectivity index (χ2n) is 25.5. The van der Waals surface area contributed by atoms with Gasteiger partial charge in [0.1, 0.15) is 37.0 Å². The number of imidazole rings is 3. The van der Waals surface area contributed by atoms with Gasteiger partial charge < -0.3 is 63.7 Å². The van der Waals surface area contributed by atoms with Gasteiger partial charge in [-0.3, -0.25) is 53.6 Å². The molecule has 52 heteroatoms. The number of pyridine rings is 3. The van der Waals surface area contributed by atoms with Gasteiger partial charge in [-0.05, 0) is 55.4 Å². The number of fused-ring (bicyclic) bond motifs is 3. The van der Waals surface area contributed by atoms with Crippen LogP contribution in [-0.4, -0.2) is 223 Å². The highest BCUT2D eigenvalue weighted by atomic mass is 35.9. The average Bonchev–Trinajstić information content (AvgIpc) is 1.54. The van der Waals surface area contributed by atoms with Gasteiger partial charge in [0.15, 0.2) is 22.5 Å². The molecular formula is C66H68Cl2F14N21O14P+2. The molecule has 9 atom stereocenters. The molecule has 0 spiro atoms. The van der Waals surface area contributed by atoms with Crippen LogP contribution in [0.5, 0.6) is 11.6 Å². The van der Waals surface area contributed by atoms with Crippen LogP contribution in [0.15, 0.2) is 92.6 Å². The number of aliphatic hydroxyl groups excluding tert-OH is 5. The number of aliphatic hydroxyl groups is 5. The number of carbonyl (C=O) groups is 3. The average molecular weight is 1750 g/mol. The highest BCUT2D eigenvalue weighted by Gasteiger charge is 2.45. The van der Waals surface area contributed by atoms with E-state index in [9.17, 15) is 106 Å². The molecule has 0 aliphatic carbocycles. The molecule has 8 N–H and O–H groups in total. The third-order valence-corrected chi connectivity index (χ3v) is 18.9. The van der Waals surface area contributed by atoms with E-state index in [0.29, 0.717) is 0 Å². The molecular weight excluding hydrogens is 1680 g/mol. The van der Waals surface area contributed by atoms with Crippen LogP contribution in [0.3, 0.4) is 0 Å². The highest BCUT2D eigenvalue weighted by molar-refractivity contribution is 8.05. The summed E-state index contributed by atoms with van der Waals surface area (Å²) in [7, 11) is 5.86. The number of hydrogen-bond acceptors (Lipinski definition) is 27. The van der Waals surface area contributed by atoms with E-state index in [1.165, 1.54) is 37.4 Å². The van der Waals surface area contributed by atoms with Crippen molar-refractivity contribution < 1.29 is 139 Å². The molecule has 3 amide bonds. The van der Waals surface area contributed by atoms with Crippen molar-refractivity contribution in [1.82, 2.24) is 63.5 Å². The summed E-state index contributed by atoms with van der Waals surface area (Å²) in [5.41, 5.74) is 2.48. The summed E-state index contributed by atoms with van der Waals surface area (Å²) >= 11 is 10.8. The summed E-state index contributed by atoms with van der Waals surface area (Å²) in [4.78, 5) is 80.3. The topological polar surface area (TPSA) is 413 Å². The van der Waals surface area contributed by atoms with Crippen LogP contribution >= 0.6 is 28.6 Å². The van der Waals surface area contributed by atoms with Crippen molar-refractivity contribution in [3.8, 4) is 23.3 Å². The smallest absolute Gasteiger partial charge is 0.430 e. The van der Waals surface area contributed by atoms with Crippen molar-refractivity contribution >= 4 is 115 Å². The lowest BCUT2D eigenvalue weighted by molar-refractivity contribution is -0.598. The summed E-state index contributed by atoms with van der Waals surface area (Å²) in [6.45, 7) is 7.22. The summed E-state index contributed by atoms with van der Waals surface area (Å²) in [5, 5.41) is 53.6. The van der Waals surface area contributed by atoms with Gasteiger partial charge in [0, 0.05) is 124 Å². The molecule has 0 bridgehead atoms. The lowest BCUT2D eigenvalue weighted by Crippen LogP contribution is -2.34. The Morgan fingerprint density at radius 2 is 0.839 bits per heavy atom. The first-order valence-electron chi connectivity index (χ1n) is 34.6. The Hall–Kier alpha value is -10.6. The number of nitrogens with one attached hydrogen (secondary N) is 3. The number of anilines is 6. The molecule has 636 valence electrons. The molecule has 0 saturated carbocycles. The summed E-state index contributed by atoms with van der Waals surface area (Å²) in [5.74, 6) is -24.2. The number of hydrogen-bond donors (Lipinski definition) is 8. The number of amides is 3. The summed E-state index contributed by atoms with van der Waals surface area (Å²) in [6.07, 6.45) is -14.8. The number of nitrogens with zero attached hydrogens (tertiary/aromatic N) is 18. The third-order valence-electron chi connectivity index (χ3n) is 17.8. The molecule has 3 aliphatic rings. The van der Waals surface area contributed by atoms with Gasteiger partial charge in [-0.25, -0.2) is 37.3 Å². The zero-order chi connectivity index (χ0) is 86.4. The minimum Gasteiger partial charge on any atom is -0.430 e. The van der Waals surface area contributed by atoms with Gasteiger partial charge in [0.25, 0.3) is 5.88 Å². The van der Waals surface area contributed by atoms with Crippen molar-refractivity contribution in [2.75, 3.05) is 91.2 Å². The number of halogens is 16. The summed E-state index contributed by atoms with van der Waals surface area (Å²) < 4.78 is 229. The fourth-order valence-electron chi connectivity index (χ4n) is 11.3. The van der Waals surface area contributed by atoms with Gasteiger partial charge in [0.05, 0.1) is 81.9 Å². The Morgan fingerprint density at radius 3 is 1.18 bits per heavy atom. The standard InChI is InChI=1S/C20H21Cl2F3N7O5P.C20H22F3N7O4.C18H11F8N5O5.C8H12N2/c1-3-30(2)11-4-6-31(7-5-11)16-15-17(28-19(27-16)29-18(34)20(23,24)25)32(10-26-15)14-8-12(33)13(37-14)9-36-38(21,22)35;1-3-28(2)11-4-6-29(7-5-11)16-15-17(26-19(25-16)27-18(33)20(21,22)23)30(10-24-15)14-8-12(32)13(9-31)34-14;19-7-8(20)10(22)13(11(23)9(7)21)36-15-12-14(28-17(29-15)30-16(34)18(24,25)26)31(3-27-12)6-1-4(33)5(2-32)35-6;1-3-10(2)8-4-6-9-7-5-8/h4-7,10,12-14,33H,3,8-9H2,1-2H3;4-7,10,12-14,31-32H,3,8-9H2,1-2H3;3-6,32-33H,1-2H2,(H,28,29,30,34);4-7H,3H2,1-2H3/p+2/t2*12?,13-,14-;4?,5-,6-;/m111./s1. The number of carbonyl (C=O) groups excluding carboxylic acids is 3. The van der Waals surface area contributed by atoms with Crippen molar-refractivity contribution in [3.05, 3.63) is 122 Å². The van der Waals surface area contributed by atoms with Crippen molar-refractivity contribution in [2.45, 2.75) is 114 Å².